The number of hydrogen-bond donors (Lipinski definition) is 1. The molecule has 0 saturated heterocycles. The summed E-state index contributed by atoms with van der Waals surface area (Å²) < 4.78 is 65.4. The third-order valence-electron chi connectivity index (χ3n) is 7.76. The summed E-state index contributed by atoms with van der Waals surface area (Å²) in [5.74, 6) is -6.69. The van der Waals surface area contributed by atoms with Crippen LogP contribution in [0.3, 0.4) is 0 Å². The number of nitrogens with zero attached hydrogens (tertiary/aromatic N) is 1. The van der Waals surface area contributed by atoms with Gasteiger partial charge in [0.15, 0.2) is 5.78 Å². The molecular formula is C32H26F4N2O5. The number of methoxy groups -OCH3 is 2. The first-order chi connectivity index (χ1) is 20.5. The van der Waals surface area contributed by atoms with Crippen LogP contribution in [0.4, 0.5) is 23.2 Å². The molecule has 0 bridgehead atoms. The van der Waals surface area contributed by atoms with Gasteiger partial charge < -0.3 is 15.2 Å². The number of nitrogens with two attached hydrogens (primary N) is 1. The lowest BCUT2D eigenvalue weighted by Gasteiger charge is -2.44. The highest BCUT2D eigenvalue weighted by molar-refractivity contribution is 6.14. The molecule has 222 valence electrons. The van der Waals surface area contributed by atoms with Crippen molar-refractivity contribution in [2.75, 3.05) is 19.1 Å². The molecule has 3 atom stereocenters. The Hall–Kier alpha value is -4.93. The van der Waals surface area contributed by atoms with Crippen LogP contribution < -0.4 is 10.6 Å². The van der Waals surface area contributed by atoms with E-state index in [0.29, 0.717) is 5.56 Å². The number of ether oxygens (including phenoxy) is 2. The van der Waals surface area contributed by atoms with Gasteiger partial charge in [-0.3, -0.25) is 14.5 Å². The maximum Gasteiger partial charge on any atom is 0.416 e. The first kappa shape index (κ1) is 29.6. The van der Waals surface area contributed by atoms with Crippen molar-refractivity contribution in [1.29, 1.82) is 0 Å². The fraction of sp³-hybridized carbons (Fsp3) is 0.219. The summed E-state index contributed by atoms with van der Waals surface area (Å²) in [5, 5.41) is 0. The number of halogens is 4. The number of esters is 2. The Morgan fingerprint density at radius 3 is 2.19 bits per heavy atom. The zero-order valence-electron chi connectivity index (χ0n) is 23.0. The van der Waals surface area contributed by atoms with Crippen molar-refractivity contribution >= 4 is 23.4 Å². The van der Waals surface area contributed by atoms with E-state index in [1.54, 1.807) is 30.3 Å². The van der Waals surface area contributed by atoms with Gasteiger partial charge in [0.05, 0.1) is 31.3 Å². The van der Waals surface area contributed by atoms with Crippen molar-refractivity contribution in [2.24, 2.45) is 11.7 Å². The van der Waals surface area contributed by atoms with Gasteiger partial charge >= 0.3 is 18.1 Å². The Morgan fingerprint density at radius 1 is 0.907 bits per heavy atom. The van der Waals surface area contributed by atoms with Crippen molar-refractivity contribution in [2.45, 2.75) is 24.4 Å². The van der Waals surface area contributed by atoms with Crippen molar-refractivity contribution < 1.29 is 41.4 Å². The molecule has 0 radical (unpaired) electrons. The minimum atomic E-state index is -4.70. The van der Waals surface area contributed by atoms with Crippen LogP contribution in [-0.4, -0.2) is 31.9 Å². The molecule has 3 aromatic rings. The summed E-state index contributed by atoms with van der Waals surface area (Å²) in [5.41, 5.74) is 6.37. The van der Waals surface area contributed by atoms with Gasteiger partial charge in [0.1, 0.15) is 17.6 Å². The van der Waals surface area contributed by atoms with Gasteiger partial charge in [0.2, 0.25) is 0 Å². The molecule has 11 heteroatoms. The molecule has 1 aliphatic carbocycles. The summed E-state index contributed by atoms with van der Waals surface area (Å²) in [4.78, 5) is 42.2. The van der Waals surface area contributed by atoms with Crippen LogP contribution in [0, 0.1) is 11.7 Å². The van der Waals surface area contributed by atoms with Gasteiger partial charge in [-0.2, -0.15) is 13.2 Å². The molecule has 7 nitrogen and oxygen atoms in total. The first-order valence-corrected chi connectivity index (χ1v) is 13.2. The molecule has 43 heavy (non-hydrogen) atoms. The quantitative estimate of drug-likeness (QED) is 0.234. The number of carbonyl (C=O) groups is 3. The summed E-state index contributed by atoms with van der Waals surface area (Å²) in [6.45, 7) is 0. The summed E-state index contributed by atoms with van der Waals surface area (Å²) in [6, 6.07) is 18.0. The second-order valence-electron chi connectivity index (χ2n) is 10.1. The van der Waals surface area contributed by atoms with E-state index in [2.05, 4.69) is 0 Å². The van der Waals surface area contributed by atoms with Gasteiger partial charge in [-0.1, -0.05) is 48.5 Å². The van der Waals surface area contributed by atoms with E-state index in [1.165, 1.54) is 29.2 Å². The van der Waals surface area contributed by atoms with Crippen molar-refractivity contribution in [3.63, 3.8) is 0 Å². The fourth-order valence-corrected chi connectivity index (χ4v) is 5.85. The standard InChI is InChI=1S/C32H26F4N2O5/c1-42-30(40)25-22(17-7-4-3-5-8-17)16-23-26(28(25)39)24(18-11-13-20(33)14-12-18)27(31(41)43-2)29(37)38(23)21-10-6-9-19(15-21)32(34,35)36/h3-15,22,24-25H,16,37H2,1-2H3/t22-,24-,25+/m0/s1. The number of alkyl halides is 3. The average molecular weight is 595 g/mol. The molecule has 0 spiro atoms. The molecular weight excluding hydrogens is 568 g/mol. The molecule has 0 aromatic heterocycles. The average Bonchev–Trinajstić information content (AvgIpc) is 3.00. The minimum Gasteiger partial charge on any atom is -0.468 e. The molecule has 0 unspecified atom stereocenters. The number of Topliss-reactive ketones (excluding diaryl/α,β-unsaturated/α-hetero) is 1. The molecule has 1 aliphatic heterocycles. The van der Waals surface area contributed by atoms with Crippen molar-refractivity contribution in [3.05, 3.63) is 124 Å². The Bertz CT molecular complexity index is 1650. The highest BCUT2D eigenvalue weighted by Gasteiger charge is 2.51. The van der Waals surface area contributed by atoms with Gasteiger partial charge in [0, 0.05) is 22.9 Å². The molecule has 0 amide bonds. The van der Waals surface area contributed by atoms with Gasteiger partial charge in [-0.05, 0) is 47.9 Å². The predicted molar refractivity (Wildman–Crippen MR) is 148 cm³/mol. The number of allylic oxidation sites excluding steroid dienone is 2. The van der Waals surface area contributed by atoms with Crippen LogP contribution in [0.2, 0.25) is 0 Å². The zero-order chi connectivity index (χ0) is 31.1. The van der Waals surface area contributed by atoms with Gasteiger partial charge in [-0.15, -0.1) is 0 Å². The lowest BCUT2D eigenvalue weighted by Crippen LogP contribution is -2.46. The second-order valence-corrected chi connectivity index (χ2v) is 10.1. The van der Waals surface area contributed by atoms with E-state index in [1.807, 2.05) is 0 Å². The van der Waals surface area contributed by atoms with Crippen molar-refractivity contribution in [1.82, 2.24) is 0 Å². The largest absolute Gasteiger partial charge is 0.468 e. The van der Waals surface area contributed by atoms with E-state index in [0.717, 1.165) is 38.5 Å². The number of anilines is 1. The lowest BCUT2D eigenvalue weighted by molar-refractivity contribution is -0.150. The molecule has 3 aromatic carbocycles. The number of rotatable bonds is 5. The van der Waals surface area contributed by atoms with Crippen LogP contribution in [-0.2, 0) is 30.0 Å². The molecule has 2 N–H and O–H groups in total. The summed E-state index contributed by atoms with van der Waals surface area (Å²) >= 11 is 0. The monoisotopic (exact) mass is 594 g/mol. The van der Waals surface area contributed by atoms with Crippen LogP contribution in [0.1, 0.15) is 34.9 Å². The van der Waals surface area contributed by atoms with Crippen LogP contribution in [0.15, 0.2) is 102 Å². The predicted octanol–water partition coefficient (Wildman–Crippen LogP) is 5.59. The molecule has 1 heterocycles. The Labute approximate surface area is 244 Å². The van der Waals surface area contributed by atoms with E-state index in [9.17, 15) is 31.9 Å². The molecule has 0 saturated carbocycles. The van der Waals surface area contributed by atoms with Crippen LogP contribution in [0.25, 0.3) is 0 Å². The summed E-state index contributed by atoms with van der Waals surface area (Å²) in [7, 11) is 2.24. The number of carbonyl (C=O) groups excluding carboxylic acids is 3. The van der Waals surface area contributed by atoms with Crippen LogP contribution in [0.5, 0.6) is 0 Å². The Balaban J connectivity index is 1.84. The molecule has 2 aliphatic rings. The second kappa shape index (κ2) is 11.4. The third kappa shape index (κ3) is 5.26. The minimum absolute atomic E-state index is 0.0338. The maximum atomic E-state index is 14.5. The highest BCUT2D eigenvalue weighted by Crippen LogP contribution is 2.51. The number of ketones is 1. The van der Waals surface area contributed by atoms with E-state index < -0.39 is 53.0 Å². The lowest BCUT2D eigenvalue weighted by atomic mass is 9.67. The zero-order valence-corrected chi connectivity index (χ0v) is 23.0. The van der Waals surface area contributed by atoms with Gasteiger partial charge in [-0.25, -0.2) is 9.18 Å². The molecule has 0 fully saturated rings. The van der Waals surface area contributed by atoms with Crippen LogP contribution >= 0.6 is 0 Å². The maximum absolute atomic E-state index is 14.5. The number of hydrogen-bond acceptors (Lipinski definition) is 7. The Morgan fingerprint density at radius 2 is 1.58 bits per heavy atom. The highest BCUT2D eigenvalue weighted by atomic mass is 19.4. The summed E-state index contributed by atoms with van der Waals surface area (Å²) in [6.07, 6.45) is -4.73. The Kier molecular flexibility index (Phi) is 7.83. The normalized spacial score (nSPS) is 20.6. The number of benzene rings is 3. The third-order valence-corrected chi connectivity index (χ3v) is 7.76. The SMILES string of the molecule is COC(=O)C1=C(N)N(c2cccc(C(F)(F)F)c2)C2=C(C(=O)[C@H](C(=O)OC)[C@H](c3ccccc3)C2)[C@@H]1c1ccc(F)cc1. The van der Waals surface area contributed by atoms with Crippen molar-refractivity contribution in [3.8, 4) is 0 Å². The topological polar surface area (TPSA) is 98.9 Å². The van der Waals surface area contributed by atoms with Gasteiger partial charge in [0.25, 0.3) is 0 Å². The van der Waals surface area contributed by atoms with E-state index in [4.69, 9.17) is 15.2 Å². The first-order valence-electron chi connectivity index (χ1n) is 13.2. The smallest absolute Gasteiger partial charge is 0.416 e. The fourth-order valence-electron chi connectivity index (χ4n) is 5.85. The molecule has 5 rings (SSSR count). The van der Waals surface area contributed by atoms with E-state index in [-0.39, 0.29) is 40.3 Å². The van der Waals surface area contributed by atoms with E-state index >= 15 is 0 Å².